The van der Waals surface area contributed by atoms with Gasteiger partial charge in [0.25, 0.3) is 5.91 Å². The first-order valence-corrected chi connectivity index (χ1v) is 6.23. The largest absolute Gasteiger partial charge is 0.337 e. The molecular formula is C12H16Cl3N3O. The molecule has 2 aliphatic rings. The van der Waals surface area contributed by atoms with Crippen molar-refractivity contribution in [2.24, 2.45) is 11.8 Å². The van der Waals surface area contributed by atoms with Gasteiger partial charge in [0.2, 0.25) is 0 Å². The summed E-state index contributed by atoms with van der Waals surface area (Å²) in [6, 6.07) is 3.40. The zero-order valence-electron chi connectivity index (χ0n) is 10.2. The number of aromatic nitrogens is 1. The number of hydrogen-bond donors (Lipinski definition) is 1. The SMILES string of the molecule is Cl.Cl.O=C(c1ccc(Cl)cn1)N1C[C@H]2CNC[C@H]2C1. The zero-order chi connectivity index (χ0) is 11.8. The van der Waals surface area contributed by atoms with E-state index in [4.69, 9.17) is 11.6 Å². The van der Waals surface area contributed by atoms with E-state index >= 15 is 0 Å². The maximum Gasteiger partial charge on any atom is 0.272 e. The van der Waals surface area contributed by atoms with Gasteiger partial charge in [0.15, 0.2) is 0 Å². The highest BCUT2D eigenvalue weighted by Crippen LogP contribution is 2.27. The van der Waals surface area contributed by atoms with Crippen LogP contribution in [0.1, 0.15) is 10.5 Å². The van der Waals surface area contributed by atoms with E-state index in [1.165, 1.54) is 6.20 Å². The molecule has 1 aromatic rings. The van der Waals surface area contributed by atoms with Crippen molar-refractivity contribution >= 4 is 42.3 Å². The molecule has 2 saturated heterocycles. The minimum atomic E-state index is 0. The highest BCUT2D eigenvalue weighted by Gasteiger charge is 2.38. The van der Waals surface area contributed by atoms with Crippen molar-refractivity contribution in [1.29, 1.82) is 0 Å². The van der Waals surface area contributed by atoms with Crippen LogP contribution in [-0.2, 0) is 0 Å². The molecule has 0 unspecified atom stereocenters. The fourth-order valence-electron chi connectivity index (χ4n) is 2.69. The Balaban J connectivity index is 0.000000902. The van der Waals surface area contributed by atoms with Gasteiger partial charge in [-0.1, -0.05) is 11.6 Å². The summed E-state index contributed by atoms with van der Waals surface area (Å²) in [4.78, 5) is 18.2. The second-order valence-corrected chi connectivity index (χ2v) is 5.19. The number of fused-ring (bicyclic) bond motifs is 1. The van der Waals surface area contributed by atoms with Gasteiger partial charge in [-0.05, 0) is 24.0 Å². The topological polar surface area (TPSA) is 45.2 Å². The number of likely N-dealkylation sites (tertiary alicyclic amines) is 1. The number of hydrogen-bond acceptors (Lipinski definition) is 3. The summed E-state index contributed by atoms with van der Waals surface area (Å²) in [6.07, 6.45) is 1.52. The molecule has 0 radical (unpaired) electrons. The van der Waals surface area contributed by atoms with Gasteiger partial charge in [0.1, 0.15) is 5.69 Å². The van der Waals surface area contributed by atoms with Crippen molar-refractivity contribution in [3.63, 3.8) is 0 Å². The number of carbonyl (C=O) groups is 1. The lowest BCUT2D eigenvalue weighted by molar-refractivity contribution is 0.0776. The number of carbonyl (C=O) groups excluding carboxylic acids is 1. The molecule has 1 amide bonds. The van der Waals surface area contributed by atoms with E-state index in [0.717, 1.165) is 26.2 Å². The van der Waals surface area contributed by atoms with Gasteiger partial charge in [0.05, 0.1) is 5.02 Å². The van der Waals surface area contributed by atoms with Crippen LogP contribution in [0, 0.1) is 11.8 Å². The second-order valence-electron chi connectivity index (χ2n) is 4.75. The smallest absolute Gasteiger partial charge is 0.272 e. The molecule has 19 heavy (non-hydrogen) atoms. The van der Waals surface area contributed by atoms with Crippen LogP contribution in [0.3, 0.4) is 0 Å². The van der Waals surface area contributed by atoms with Crippen LogP contribution in [0.5, 0.6) is 0 Å². The molecule has 1 aromatic heterocycles. The van der Waals surface area contributed by atoms with E-state index in [9.17, 15) is 4.79 Å². The number of pyridine rings is 1. The Morgan fingerprint density at radius 3 is 2.42 bits per heavy atom. The van der Waals surface area contributed by atoms with Crippen molar-refractivity contribution in [3.05, 3.63) is 29.0 Å². The van der Waals surface area contributed by atoms with E-state index < -0.39 is 0 Å². The van der Waals surface area contributed by atoms with Crippen molar-refractivity contribution in [1.82, 2.24) is 15.2 Å². The number of amides is 1. The van der Waals surface area contributed by atoms with Gasteiger partial charge < -0.3 is 10.2 Å². The zero-order valence-corrected chi connectivity index (χ0v) is 12.6. The first-order chi connectivity index (χ1) is 8.24. The van der Waals surface area contributed by atoms with Gasteiger partial charge in [-0.3, -0.25) is 4.79 Å². The lowest BCUT2D eigenvalue weighted by Crippen LogP contribution is -2.32. The third-order valence-electron chi connectivity index (χ3n) is 3.62. The third-order valence-corrected chi connectivity index (χ3v) is 3.85. The van der Waals surface area contributed by atoms with E-state index in [-0.39, 0.29) is 30.7 Å². The molecule has 2 atom stereocenters. The first-order valence-electron chi connectivity index (χ1n) is 5.85. The monoisotopic (exact) mass is 323 g/mol. The van der Waals surface area contributed by atoms with Crippen molar-refractivity contribution < 1.29 is 4.79 Å². The van der Waals surface area contributed by atoms with Crippen molar-refractivity contribution in [2.45, 2.75) is 0 Å². The third kappa shape index (κ3) is 3.31. The molecule has 0 aromatic carbocycles. The number of rotatable bonds is 1. The Hall–Kier alpha value is -0.550. The molecule has 0 aliphatic carbocycles. The quantitative estimate of drug-likeness (QED) is 0.858. The fraction of sp³-hybridized carbons (Fsp3) is 0.500. The summed E-state index contributed by atoms with van der Waals surface area (Å²) >= 11 is 5.76. The van der Waals surface area contributed by atoms with Gasteiger partial charge in [-0.2, -0.15) is 0 Å². The van der Waals surface area contributed by atoms with Crippen LogP contribution in [0.25, 0.3) is 0 Å². The summed E-state index contributed by atoms with van der Waals surface area (Å²) in [7, 11) is 0. The standard InChI is InChI=1S/C12H14ClN3O.2ClH/c13-10-1-2-11(15-5-10)12(17)16-6-8-3-14-4-9(8)7-16;;/h1-2,5,8-9,14H,3-4,6-7H2;2*1H/t8-,9+;;. The summed E-state index contributed by atoms with van der Waals surface area (Å²) in [6.45, 7) is 3.76. The first kappa shape index (κ1) is 16.5. The predicted molar refractivity (Wildman–Crippen MR) is 79.5 cm³/mol. The van der Waals surface area contributed by atoms with Gasteiger partial charge in [-0.15, -0.1) is 24.8 Å². The highest BCUT2D eigenvalue weighted by atomic mass is 35.5. The average molecular weight is 325 g/mol. The Labute approximate surface area is 129 Å². The summed E-state index contributed by atoms with van der Waals surface area (Å²) in [5, 5.41) is 3.92. The van der Waals surface area contributed by atoms with E-state index in [0.29, 0.717) is 22.6 Å². The van der Waals surface area contributed by atoms with Crippen LogP contribution in [0.4, 0.5) is 0 Å². The van der Waals surface area contributed by atoms with Crippen LogP contribution >= 0.6 is 36.4 Å². The normalized spacial score (nSPS) is 24.4. The second kappa shape index (κ2) is 6.75. The van der Waals surface area contributed by atoms with Gasteiger partial charge in [0, 0.05) is 32.4 Å². The van der Waals surface area contributed by atoms with Gasteiger partial charge >= 0.3 is 0 Å². The van der Waals surface area contributed by atoms with E-state index in [1.807, 2.05) is 4.90 Å². The Kier molecular flexibility index (Phi) is 5.86. The van der Waals surface area contributed by atoms with Crippen molar-refractivity contribution in [2.75, 3.05) is 26.2 Å². The van der Waals surface area contributed by atoms with E-state index in [1.54, 1.807) is 12.1 Å². The highest BCUT2D eigenvalue weighted by molar-refractivity contribution is 6.30. The average Bonchev–Trinajstić information content (AvgIpc) is 2.89. The molecule has 2 fully saturated rings. The molecule has 106 valence electrons. The molecule has 7 heteroatoms. The van der Waals surface area contributed by atoms with Crippen LogP contribution < -0.4 is 5.32 Å². The Morgan fingerprint density at radius 2 is 1.89 bits per heavy atom. The molecule has 3 heterocycles. The van der Waals surface area contributed by atoms with Crippen LogP contribution in [0.15, 0.2) is 18.3 Å². The molecule has 2 aliphatic heterocycles. The van der Waals surface area contributed by atoms with E-state index in [2.05, 4.69) is 10.3 Å². The molecule has 3 rings (SSSR count). The van der Waals surface area contributed by atoms with Crippen molar-refractivity contribution in [3.8, 4) is 0 Å². The molecule has 0 spiro atoms. The summed E-state index contributed by atoms with van der Waals surface area (Å²) in [5.74, 6) is 1.26. The summed E-state index contributed by atoms with van der Waals surface area (Å²) in [5.41, 5.74) is 0.488. The maximum absolute atomic E-state index is 12.2. The Bertz CT molecular complexity index is 428. The lowest BCUT2D eigenvalue weighted by atomic mass is 10.0. The molecule has 0 bridgehead atoms. The molecule has 1 N–H and O–H groups in total. The summed E-state index contributed by atoms with van der Waals surface area (Å²) < 4.78 is 0. The Morgan fingerprint density at radius 1 is 1.26 bits per heavy atom. The molecular weight excluding hydrogens is 309 g/mol. The predicted octanol–water partition coefficient (Wildman–Crippen LogP) is 1.87. The fourth-order valence-corrected chi connectivity index (χ4v) is 2.80. The minimum absolute atomic E-state index is 0. The number of halogens is 3. The minimum Gasteiger partial charge on any atom is -0.337 e. The number of nitrogens with zero attached hydrogens (tertiary/aromatic N) is 2. The lowest BCUT2D eigenvalue weighted by Gasteiger charge is -2.16. The molecule has 4 nitrogen and oxygen atoms in total. The van der Waals surface area contributed by atoms with Crippen LogP contribution in [0.2, 0.25) is 5.02 Å². The molecule has 0 saturated carbocycles. The van der Waals surface area contributed by atoms with Crippen LogP contribution in [-0.4, -0.2) is 42.0 Å². The maximum atomic E-state index is 12.2. The number of nitrogens with one attached hydrogen (secondary N) is 1. The van der Waals surface area contributed by atoms with Gasteiger partial charge in [-0.25, -0.2) is 4.98 Å².